The van der Waals surface area contributed by atoms with Crippen LogP contribution in [0.25, 0.3) is 0 Å². The molecule has 1 unspecified atom stereocenters. The Balaban J connectivity index is 2.43. The number of carbonyl (C=O) groups excluding carboxylic acids is 1. The summed E-state index contributed by atoms with van der Waals surface area (Å²) in [4.78, 5) is 11.3. The Morgan fingerprint density at radius 2 is 2.15 bits per heavy atom. The van der Waals surface area contributed by atoms with Gasteiger partial charge in [0, 0.05) is 12.0 Å². The molecular weight excluding hydrogens is 329 g/mol. The highest BCUT2D eigenvalue weighted by molar-refractivity contribution is 7.89. The maximum Gasteiger partial charge on any atom is 0.347 e. The molecule has 6 nitrogen and oxygen atoms in total. The first-order valence-corrected chi connectivity index (χ1v) is 7.93. The van der Waals surface area contributed by atoms with E-state index in [1.165, 1.54) is 6.07 Å². The van der Waals surface area contributed by atoms with Crippen molar-refractivity contribution < 1.29 is 22.7 Å². The van der Waals surface area contributed by atoms with Crippen molar-refractivity contribution in [1.82, 2.24) is 0 Å². The lowest BCUT2D eigenvalue weighted by atomic mass is 10.1. The maximum atomic E-state index is 11.6. The third-order valence-electron chi connectivity index (χ3n) is 2.73. The SMILES string of the molecule is CCOC(=O)C1Cc2cc(S(N)(=O)=O)c(Cl)c(Cl)c2O1. The van der Waals surface area contributed by atoms with Gasteiger partial charge in [-0.1, -0.05) is 23.2 Å². The highest BCUT2D eigenvalue weighted by Gasteiger charge is 2.34. The monoisotopic (exact) mass is 339 g/mol. The molecule has 9 heteroatoms. The van der Waals surface area contributed by atoms with Gasteiger partial charge in [-0.3, -0.25) is 0 Å². The number of carbonyl (C=O) groups is 1. The van der Waals surface area contributed by atoms with E-state index in [4.69, 9.17) is 37.8 Å². The molecule has 0 bridgehead atoms. The Kier molecular flexibility index (Phi) is 4.15. The van der Waals surface area contributed by atoms with Crippen LogP contribution < -0.4 is 9.88 Å². The summed E-state index contributed by atoms with van der Waals surface area (Å²) >= 11 is 11.8. The number of esters is 1. The third kappa shape index (κ3) is 2.71. The first kappa shape index (κ1) is 15.4. The predicted molar refractivity (Wildman–Crippen MR) is 72.6 cm³/mol. The van der Waals surface area contributed by atoms with Crippen molar-refractivity contribution in [2.75, 3.05) is 6.61 Å². The fourth-order valence-electron chi connectivity index (χ4n) is 1.87. The number of benzene rings is 1. The molecule has 0 fully saturated rings. The van der Waals surface area contributed by atoms with Crippen molar-refractivity contribution in [2.24, 2.45) is 5.14 Å². The van der Waals surface area contributed by atoms with Gasteiger partial charge in [-0.2, -0.15) is 0 Å². The highest BCUT2D eigenvalue weighted by Crippen LogP contribution is 2.43. The van der Waals surface area contributed by atoms with Gasteiger partial charge >= 0.3 is 5.97 Å². The molecular formula is C11H11Cl2NO5S. The molecule has 1 atom stereocenters. The van der Waals surface area contributed by atoms with Crippen molar-refractivity contribution in [3.8, 4) is 5.75 Å². The Hall–Kier alpha value is -1.02. The van der Waals surface area contributed by atoms with E-state index in [-0.39, 0.29) is 33.7 Å². The van der Waals surface area contributed by atoms with Gasteiger partial charge < -0.3 is 9.47 Å². The molecule has 1 heterocycles. The molecule has 1 aromatic carbocycles. The van der Waals surface area contributed by atoms with Crippen molar-refractivity contribution in [1.29, 1.82) is 0 Å². The molecule has 0 spiro atoms. The fourth-order valence-corrected chi connectivity index (χ4v) is 3.32. The first-order chi connectivity index (χ1) is 9.25. The number of primary sulfonamides is 1. The molecule has 0 aromatic heterocycles. The van der Waals surface area contributed by atoms with Gasteiger partial charge in [0.25, 0.3) is 0 Å². The molecule has 1 aliphatic heterocycles. The zero-order valence-electron chi connectivity index (χ0n) is 10.4. The van der Waals surface area contributed by atoms with Crippen molar-refractivity contribution in [3.63, 3.8) is 0 Å². The summed E-state index contributed by atoms with van der Waals surface area (Å²) in [6, 6.07) is 1.26. The van der Waals surface area contributed by atoms with Crippen molar-refractivity contribution in [2.45, 2.75) is 24.3 Å². The Bertz CT molecular complexity index is 674. The number of halogens is 2. The summed E-state index contributed by atoms with van der Waals surface area (Å²) in [7, 11) is -4.01. The van der Waals surface area contributed by atoms with E-state index in [1.807, 2.05) is 0 Å². The molecule has 2 rings (SSSR count). The maximum absolute atomic E-state index is 11.6. The van der Waals surface area contributed by atoms with E-state index in [0.717, 1.165) is 0 Å². The minimum absolute atomic E-state index is 0.0833. The number of nitrogens with two attached hydrogens (primary N) is 1. The van der Waals surface area contributed by atoms with Gasteiger partial charge in [-0.05, 0) is 13.0 Å². The van der Waals surface area contributed by atoms with Crippen LogP contribution in [0, 0.1) is 0 Å². The normalized spacial score (nSPS) is 17.5. The Morgan fingerprint density at radius 3 is 2.70 bits per heavy atom. The summed E-state index contributed by atoms with van der Waals surface area (Å²) in [5.74, 6) is -0.366. The summed E-state index contributed by atoms with van der Waals surface area (Å²) in [6.45, 7) is 1.88. The summed E-state index contributed by atoms with van der Waals surface area (Å²) in [5.41, 5.74) is 0.446. The minimum Gasteiger partial charge on any atom is -0.476 e. The van der Waals surface area contributed by atoms with Crippen LogP contribution in [-0.4, -0.2) is 27.1 Å². The molecule has 110 valence electrons. The average Bonchev–Trinajstić information content (AvgIpc) is 2.77. The van der Waals surface area contributed by atoms with E-state index in [0.29, 0.717) is 5.56 Å². The zero-order chi connectivity index (χ0) is 15.1. The van der Waals surface area contributed by atoms with E-state index < -0.39 is 22.1 Å². The topological polar surface area (TPSA) is 95.7 Å². The van der Waals surface area contributed by atoms with Crippen molar-refractivity contribution in [3.05, 3.63) is 21.7 Å². The second-order valence-corrected chi connectivity index (χ2v) is 6.38. The molecule has 1 aromatic rings. The van der Waals surface area contributed by atoms with Crippen LogP contribution in [0.3, 0.4) is 0 Å². The quantitative estimate of drug-likeness (QED) is 0.842. The number of ether oxygens (including phenoxy) is 2. The molecule has 0 saturated heterocycles. The van der Waals surface area contributed by atoms with Gasteiger partial charge in [0.1, 0.15) is 15.7 Å². The molecule has 1 aliphatic rings. The van der Waals surface area contributed by atoms with Crippen molar-refractivity contribution >= 4 is 39.2 Å². The fraction of sp³-hybridized carbons (Fsp3) is 0.364. The largest absolute Gasteiger partial charge is 0.476 e. The van der Waals surface area contributed by atoms with Gasteiger partial charge in [-0.15, -0.1) is 0 Å². The molecule has 2 N–H and O–H groups in total. The molecule has 0 radical (unpaired) electrons. The van der Waals surface area contributed by atoms with Crippen LogP contribution in [0.4, 0.5) is 0 Å². The second-order valence-electron chi connectivity index (χ2n) is 4.10. The van der Waals surface area contributed by atoms with Crippen LogP contribution in [-0.2, 0) is 26.0 Å². The Morgan fingerprint density at radius 1 is 1.50 bits per heavy atom. The summed E-state index contributed by atoms with van der Waals surface area (Å²) in [6.07, 6.45) is -0.720. The minimum atomic E-state index is -4.01. The molecule has 0 amide bonds. The summed E-state index contributed by atoms with van der Waals surface area (Å²) in [5, 5.41) is 4.75. The molecule has 0 saturated carbocycles. The van der Waals surface area contributed by atoms with E-state index in [9.17, 15) is 13.2 Å². The molecule has 20 heavy (non-hydrogen) atoms. The van der Waals surface area contributed by atoms with E-state index in [2.05, 4.69) is 0 Å². The van der Waals surface area contributed by atoms with Crippen LogP contribution in [0.5, 0.6) is 5.75 Å². The smallest absolute Gasteiger partial charge is 0.347 e. The van der Waals surface area contributed by atoms with Gasteiger partial charge in [0.15, 0.2) is 6.10 Å². The predicted octanol–water partition coefficient (Wildman–Crippen LogP) is 1.51. The number of sulfonamides is 1. The second kappa shape index (κ2) is 5.40. The number of rotatable bonds is 3. The highest BCUT2D eigenvalue weighted by atomic mass is 35.5. The van der Waals surface area contributed by atoms with Crippen LogP contribution in [0.15, 0.2) is 11.0 Å². The lowest BCUT2D eigenvalue weighted by Crippen LogP contribution is -2.27. The lowest BCUT2D eigenvalue weighted by molar-refractivity contribution is -0.150. The number of hydrogen-bond acceptors (Lipinski definition) is 5. The van der Waals surface area contributed by atoms with Crippen LogP contribution in [0.1, 0.15) is 12.5 Å². The standard InChI is InChI=1S/C11H11Cl2NO5S/c1-2-18-11(15)6-3-5-4-7(20(14,16)17)8(12)9(13)10(5)19-6/h4,6H,2-3H2,1H3,(H2,14,16,17). The van der Waals surface area contributed by atoms with Crippen LogP contribution >= 0.6 is 23.2 Å². The van der Waals surface area contributed by atoms with Gasteiger partial charge in [-0.25, -0.2) is 18.4 Å². The number of hydrogen-bond donors (Lipinski definition) is 1. The van der Waals surface area contributed by atoms with Crippen LogP contribution in [0.2, 0.25) is 10.0 Å². The first-order valence-electron chi connectivity index (χ1n) is 5.62. The van der Waals surface area contributed by atoms with Gasteiger partial charge in [0.05, 0.1) is 11.6 Å². The van der Waals surface area contributed by atoms with E-state index >= 15 is 0 Å². The Labute approximate surface area is 125 Å². The zero-order valence-corrected chi connectivity index (χ0v) is 12.7. The third-order valence-corrected chi connectivity index (χ3v) is 4.62. The molecule has 0 aliphatic carbocycles. The van der Waals surface area contributed by atoms with Gasteiger partial charge in [0.2, 0.25) is 10.0 Å². The van der Waals surface area contributed by atoms with E-state index in [1.54, 1.807) is 6.92 Å². The lowest BCUT2D eigenvalue weighted by Gasteiger charge is -2.10. The number of fused-ring (bicyclic) bond motifs is 1. The summed E-state index contributed by atoms with van der Waals surface area (Å²) < 4.78 is 33.1. The average molecular weight is 340 g/mol.